The van der Waals surface area contributed by atoms with Gasteiger partial charge < -0.3 is 9.47 Å². The van der Waals surface area contributed by atoms with Crippen molar-refractivity contribution < 1.29 is 14.3 Å². The molecule has 0 aromatic rings. The Kier molecular flexibility index (Phi) is 4.34. The molecular weight excluding hydrogens is 144 g/mol. The first-order chi connectivity index (χ1) is 5.07. The molecule has 11 heavy (non-hydrogen) atoms. The number of rotatable bonds is 4. The van der Waals surface area contributed by atoms with Crippen molar-refractivity contribution in [1.82, 2.24) is 0 Å². The maximum atomic E-state index is 10.9. The Bertz CT molecular complexity index is 149. The van der Waals surface area contributed by atoms with Crippen molar-refractivity contribution in [2.45, 2.75) is 20.8 Å². The lowest BCUT2D eigenvalue weighted by Crippen LogP contribution is -2.12. The molecule has 0 aromatic heterocycles. The Hall–Kier alpha value is -0.990. The summed E-state index contributed by atoms with van der Waals surface area (Å²) in [7, 11) is 0. The van der Waals surface area contributed by atoms with Crippen molar-refractivity contribution in [1.29, 1.82) is 0 Å². The molecular formula is C8H14O3. The average molecular weight is 158 g/mol. The van der Waals surface area contributed by atoms with E-state index in [1.165, 1.54) is 0 Å². The molecule has 0 saturated heterocycles. The van der Waals surface area contributed by atoms with E-state index in [9.17, 15) is 4.79 Å². The van der Waals surface area contributed by atoms with Crippen LogP contribution in [0.25, 0.3) is 0 Å². The predicted octanol–water partition coefficient (Wildman–Crippen LogP) is 1.69. The van der Waals surface area contributed by atoms with E-state index in [2.05, 4.69) is 6.58 Å². The minimum absolute atomic E-state index is 0.0752. The lowest BCUT2D eigenvalue weighted by Gasteiger charge is -2.08. The van der Waals surface area contributed by atoms with Crippen molar-refractivity contribution in [3.63, 3.8) is 0 Å². The van der Waals surface area contributed by atoms with Gasteiger partial charge in [-0.3, -0.25) is 4.79 Å². The van der Waals surface area contributed by atoms with Gasteiger partial charge in [0.05, 0.1) is 12.5 Å². The molecule has 0 radical (unpaired) electrons. The highest BCUT2D eigenvalue weighted by Gasteiger charge is 2.09. The van der Waals surface area contributed by atoms with Gasteiger partial charge in [0.25, 0.3) is 5.95 Å². The van der Waals surface area contributed by atoms with E-state index >= 15 is 0 Å². The summed E-state index contributed by atoms with van der Waals surface area (Å²) in [6, 6.07) is 0. The summed E-state index contributed by atoms with van der Waals surface area (Å²) < 4.78 is 9.52. The molecule has 3 nitrogen and oxygen atoms in total. The summed E-state index contributed by atoms with van der Waals surface area (Å²) in [6.07, 6.45) is 0. The molecule has 0 saturated carbocycles. The third-order valence-corrected chi connectivity index (χ3v) is 0.991. The fraction of sp³-hybridized carbons (Fsp3) is 0.625. The number of hydrogen-bond donors (Lipinski definition) is 0. The molecule has 0 fully saturated rings. The van der Waals surface area contributed by atoms with Gasteiger partial charge in [0, 0.05) is 0 Å². The number of ether oxygens (including phenoxy) is 2. The van der Waals surface area contributed by atoms with Crippen LogP contribution < -0.4 is 0 Å². The molecule has 3 heteroatoms. The third-order valence-electron chi connectivity index (χ3n) is 0.991. The van der Waals surface area contributed by atoms with Crippen LogP contribution in [-0.2, 0) is 14.3 Å². The van der Waals surface area contributed by atoms with Crippen LogP contribution in [0, 0.1) is 5.92 Å². The van der Waals surface area contributed by atoms with Crippen molar-refractivity contribution >= 4 is 5.97 Å². The quantitative estimate of drug-likeness (QED) is 0.461. The highest BCUT2D eigenvalue weighted by molar-refractivity contribution is 5.72. The zero-order chi connectivity index (χ0) is 8.85. The van der Waals surface area contributed by atoms with Gasteiger partial charge in [-0.15, -0.1) is 0 Å². The molecule has 0 spiro atoms. The third kappa shape index (κ3) is 4.42. The van der Waals surface area contributed by atoms with E-state index in [-0.39, 0.29) is 17.8 Å². The topological polar surface area (TPSA) is 35.5 Å². The van der Waals surface area contributed by atoms with E-state index in [1.54, 1.807) is 20.8 Å². The van der Waals surface area contributed by atoms with Crippen molar-refractivity contribution in [2.75, 3.05) is 6.61 Å². The van der Waals surface area contributed by atoms with Crippen LogP contribution in [0.15, 0.2) is 12.5 Å². The molecule has 0 unspecified atom stereocenters. The number of carbonyl (C=O) groups excluding carboxylic acids is 1. The fourth-order valence-electron chi connectivity index (χ4n) is 0.420. The maximum Gasteiger partial charge on any atom is 0.316 e. The first-order valence-corrected chi connectivity index (χ1v) is 3.61. The Morgan fingerprint density at radius 3 is 2.45 bits per heavy atom. The minimum Gasteiger partial charge on any atom is -0.466 e. The molecule has 0 atom stereocenters. The first kappa shape index (κ1) is 10.0. The summed E-state index contributed by atoms with van der Waals surface area (Å²) >= 11 is 0. The van der Waals surface area contributed by atoms with Crippen molar-refractivity contribution in [2.24, 2.45) is 5.92 Å². The first-order valence-electron chi connectivity index (χ1n) is 3.61. The van der Waals surface area contributed by atoms with Gasteiger partial charge >= 0.3 is 5.97 Å². The van der Waals surface area contributed by atoms with E-state index in [0.717, 1.165) is 0 Å². The summed E-state index contributed by atoms with van der Waals surface area (Å²) in [4.78, 5) is 10.9. The van der Waals surface area contributed by atoms with Crippen LogP contribution in [0.4, 0.5) is 0 Å². The van der Waals surface area contributed by atoms with E-state index < -0.39 is 0 Å². The Morgan fingerprint density at radius 2 is 2.09 bits per heavy atom. The Balaban J connectivity index is 3.67. The summed E-state index contributed by atoms with van der Waals surface area (Å²) in [5.41, 5.74) is 0. The van der Waals surface area contributed by atoms with Crippen molar-refractivity contribution in [3.05, 3.63) is 12.5 Å². The molecule has 0 aromatic carbocycles. The minimum atomic E-state index is -0.316. The molecule has 0 amide bonds. The largest absolute Gasteiger partial charge is 0.466 e. The number of carbonyl (C=O) groups is 1. The Labute approximate surface area is 67.0 Å². The second-order valence-corrected chi connectivity index (χ2v) is 2.38. The Morgan fingerprint density at radius 1 is 1.55 bits per heavy atom. The van der Waals surface area contributed by atoms with Gasteiger partial charge in [0.2, 0.25) is 0 Å². The maximum absolute atomic E-state index is 10.9. The lowest BCUT2D eigenvalue weighted by atomic mass is 10.2. The summed E-state index contributed by atoms with van der Waals surface area (Å²) in [5, 5.41) is 0. The molecule has 0 rings (SSSR count). The van der Waals surface area contributed by atoms with Gasteiger partial charge in [-0.1, -0.05) is 13.8 Å². The normalized spacial score (nSPS) is 9.45. The van der Waals surface area contributed by atoms with Gasteiger partial charge in [0.1, 0.15) is 0 Å². The van der Waals surface area contributed by atoms with Gasteiger partial charge in [-0.05, 0) is 13.5 Å². The molecule has 0 aliphatic rings. The van der Waals surface area contributed by atoms with Crippen LogP contribution in [-0.4, -0.2) is 12.6 Å². The number of hydrogen-bond acceptors (Lipinski definition) is 3. The van der Waals surface area contributed by atoms with Crippen molar-refractivity contribution in [3.8, 4) is 0 Å². The highest BCUT2D eigenvalue weighted by Crippen LogP contribution is 2.02. The number of esters is 1. The van der Waals surface area contributed by atoms with Crippen LogP contribution in [0.1, 0.15) is 20.8 Å². The van der Waals surface area contributed by atoms with E-state index in [0.29, 0.717) is 6.61 Å². The van der Waals surface area contributed by atoms with Crippen LogP contribution in [0.5, 0.6) is 0 Å². The molecule has 0 N–H and O–H groups in total. The average Bonchev–Trinajstić information content (AvgIpc) is 1.87. The summed E-state index contributed by atoms with van der Waals surface area (Å²) in [5.74, 6) is -0.387. The standard InChI is InChI=1S/C8H14O3/c1-5-10-7(4)11-8(9)6(2)3/h6H,4-5H2,1-3H3. The highest BCUT2D eigenvalue weighted by atomic mass is 16.7. The zero-order valence-corrected chi connectivity index (χ0v) is 7.22. The molecule has 64 valence electrons. The molecule has 0 aliphatic heterocycles. The fourth-order valence-corrected chi connectivity index (χ4v) is 0.420. The SMILES string of the molecule is C=C(OCC)OC(=O)C(C)C. The molecule has 0 aliphatic carbocycles. The van der Waals surface area contributed by atoms with Crippen LogP contribution >= 0.6 is 0 Å². The van der Waals surface area contributed by atoms with Crippen LogP contribution in [0.3, 0.4) is 0 Å². The lowest BCUT2D eigenvalue weighted by molar-refractivity contribution is -0.148. The molecule has 0 heterocycles. The summed E-state index contributed by atoms with van der Waals surface area (Å²) in [6.45, 7) is 9.17. The van der Waals surface area contributed by atoms with Crippen LogP contribution in [0.2, 0.25) is 0 Å². The van der Waals surface area contributed by atoms with Gasteiger partial charge in [0.15, 0.2) is 0 Å². The van der Waals surface area contributed by atoms with E-state index in [4.69, 9.17) is 9.47 Å². The second-order valence-electron chi connectivity index (χ2n) is 2.38. The van der Waals surface area contributed by atoms with Gasteiger partial charge in [-0.25, -0.2) is 0 Å². The zero-order valence-electron chi connectivity index (χ0n) is 7.22. The molecule has 0 bridgehead atoms. The smallest absolute Gasteiger partial charge is 0.316 e. The van der Waals surface area contributed by atoms with E-state index in [1.807, 2.05) is 0 Å². The predicted molar refractivity (Wildman–Crippen MR) is 41.7 cm³/mol. The second kappa shape index (κ2) is 4.77. The van der Waals surface area contributed by atoms with Gasteiger partial charge in [-0.2, -0.15) is 0 Å². The monoisotopic (exact) mass is 158 g/mol.